The molecule has 0 heterocycles. The Morgan fingerprint density at radius 3 is 2.44 bits per heavy atom. The fourth-order valence-electron chi connectivity index (χ4n) is 2.39. The molecule has 0 amide bonds. The van der Waals surface area contributed by atoms with E-state index >= 15 is 0 Å². The molecule has 0 aliphatic rings. The number of benzene rings is 3. The van der Waals surface area contributed by atoms with Crippen LogP contribution >= 0.6 is 15.9 Å². The first-order chi connectivity index (χ1) is 12.1. The largest absolute Gasteiger partial charge is 0.482 e. The third-order valence-electron chi connectivity index (χ3n) is 3.61. The quantitative estimate of drug-likeness (QED) is 0.427. The third kappa shape index (κ3) is 4.70. The van der Waals surface area contributed by atoms with Crippen LogP contribution in [0.2, 0.25) is 0 Å². The molecular weight excluding hydrogens is 380 g/mol. The number of hydrogen-bond acceptors (Lipinski definition) is 3. The number of esters is 1. The second-order valence-electron chi connectivity index (χ2n) is 5.59. The zero-order chi connectivity index (χ0) is 17.6. The van der Waals surface area contributed by atoms with Crippen LogP contribution in [0.5, 0.6) is 11.5 Å². The summed E-state index contributed by atoms with van der Waals surface area (Å²) in [5.41, 5.74) is 3.22. The maximum absolute atomic E-state index is 12.0. The van der Waals surface area contributed by atoms with Crippen molar-refractivity contribution in [3.8, 4) is 22.6 Å². The van der Waals surface area contributed by atoms with Gasteiger partial charge in [-0.1, -0.05) is 48.5 Å². The predicted octanol–water partition coefficient (Wildman–Crippen LogP) is 5.41. The number of carbonyl (C=O) groups is 1. The molecule has 0 saturated carbocycles. The number of ether oxygens (including phenoxy) is 2. The number of hydrogen-bond donors (Lipinski definition) is 0. The SMILES string of the molecule is Cc1cccc(OCC(=O)Oc2ccc(-c3ccccc3)cc2Br)c1. The Morgan fingerprint density at radius 1 is 0.920 bits per heavy atom. The lowest BCUT2D eigenvalue weighted by molar-refractivity contribution is -0.136. The van der Waals surface area contributed by atoms with Crippen molar-refractivity contribution in [1.29, 1.82) is 0 Å². The Labute approximate surface area is 155 Å². The first-order valence-corrected chi connectivity index (χ1v) is 8.66. The molecule has 0 aliphatic heterocycles. The summed E-state index contributed by atoms with van der Waals surface area (Å²) >= 11 is 3.46. The highest BCUT2D eigenvalue weighted by molar-refractivity contribution is 9.10. The van der Waals surface area contributed by atoms with Gasteiger partial charge in [-0.3, -0.25) is 0 Å². The van der Waals surface area contributed by atoms with Crippen LogP contribution in [0.15, 0.2) is 77.3 Å². The van der Waals surface area contributed by atoms with Gasteiger partial charge in [0.25, 0.3) is 0 Å². The number of aryl methyl sites for hydroxylation is 1. The van der Waals surface area contributed by atoms with Gasteiger partial charge in [-0.15, -0.1) is 0 Å². The van der Waals surface area contributed by atoms with E-state index in [0.717, 1.165) is 21.2 Å². The maximum Gasteiger partial charge on any atom is 0.349 e. The van der Waals surface area contributed by atoms with E-state index in [1.54, 1.807) is 6.07 Å². The van der Waals surface area contributed by atoms with E-state index in [1.807, 2.05) is 73.7 Å². The highest BCUT2D eigenvalue weighted by Crippen LogP contribution is 2.30. The molecule has 25 heavy (non-hydrogen) atoms. The minimum Gasteiger partial charge on any atom is -0.482 e. The fourth-order valence-corrected chi connectivity index (χ4v) is 2.85. The second kappa shape index (κ2) is 7.99. The molecule has 3 nitrogen and oxygen atoms in total. The summed E-state index contributed by atoms with van der Waals surface area (Å²) in [7, 11) is 0. The highest BCUT2D eigenvalue weighted by Gasteiger charge is 2.10. The standard InChI is InChI=1S/C21H17BrO3/c1-15-6-5-9-18(12-15)24-14-21(23)25-20-11-10-17(13-19(20)22)16-7-3-2-4-8-16/h2-13H,14H2,1H3. The minimum absolute atomic E-state index is 0.143. The van der Waals surface area contributed by atoms with Crippen molar-refractivity contribution < 1.29 is 14.3 Å². The van der Waals surface area contributed by atoms with E-state index in [-0.39, 0.29) is 6.61 Å². The van der Waals surface area contributed by atoms with Crippen molar-refractivity contribution in [3.05, 3.63) is 82.8 Å². The summed E-state index contributed by atoms with van der Waals surface area (Å²) in [6.07, 6.45) is 0. The van der Waals surface area contributed by atoms with E-state index in [2.05, 4.69) is 15.9 Å². The monoisotopic (exact) mass is 396 g/mol. The zero-order valence-electron chi connectivity index (χ0n) is 13.7. The van der Waals surface area contributed by atoms with E-state index in [0.29, 0.717) is 11.5 Å². The van der Waals surface area contributed by atoms with Gasteiger partial charge < -0.3 is 9.47 Å². The molecule has 3 aromatic rings. The zero-order valence-corrected chi connectivity index (χ0v) is 15.3. The van der Waals surface area contributed by atoms with Gasteiger partial charge in [0.05, 0.1) is 4.47 Å². The molecule has 0 fully saturated rings. The Kier molecular flexibility index (Phi) is 5.51. The summed E-state index contributed by atoms with van der Waals surface area (Å²) in [6.45, 7) is 1.83. The molecule has 0 spiro atoms. The van der Waals surface area contributed by atoms with Gasteiger partial charge in [0, 0.05) is 0 Å². The Morgan fingerprint density at radius 2 is 1.72 bits per heavy atom. The molecule has 0 aliphatic carbocycles. The van der Waals surface area contributed by atoms with Gasteiger partial charge in [-0.2, -0.15) is 0 Å². The lowest BCUT2D eigenvalue weighted by Gasteiger charge is -2.10. The molecule has 126 valence electrons. The van der Waals surface area contributed by atoms with Crippen molar-refractivity contribution >= 4 is 21.9 Å². The van der Waals surface area contributed by atoms with Crippen LogP contribution in [0.3, 0.4) is 0 Å². The molecule has 0 radical (unpaired) electrons. The van der Waals surface area contributed by atoms with Crippen molar-refractivity contribution in [1.82, 2.24) is 0 Å². The second-order valence-corrected chi connectivity index (χ2v) is 6.44. The van der Waals surface area contributed by atoms with Crippen molar-refractivity contribution in [3.63, 3.8) is 0 Å². The van der Waals surface area contributed by atoms with Gasteiger partial charge in [0.1, 0.15) is 11.5 Å². The van der Waals surface area contributed by atoms with Crippen LogP contribution in [0.1, 0.15) is 5.56 Å². The number of rotatable bonds is 5. The van der Waals surface area contributed by atoms with E-state index < -0.39 is 5.97 Å². The molecule has 0 atom stereocenters. The Bertz CT molecular complexity index is 875. The molecule has 0 saturated heterocycles. The molecule has 0 aromatic heterocycles. The molecule has 3 rings (SSSR count). The number of carbonyl (C=O) groups excluding carboxylic acids is 1. The van der Waals surface area contributed by atoms with Gasteiger partial charge in [0.15, 0.2) is 6.61 Å². The average molecular weight is 397 g/mol. The normalized spacial score (nSPS) is 10.3. The summed E-state index contributed by atoms with van der Waals surface area (Å²) in [5, 5.41) is 0. The Hall–Kier alpha value is -2.59. The minimum atomic E-state index is -0.449. The van der Waals surface area contributed by atoms with Gasteiger partial charge in [-0.05, 0) is 63.8 Å². The third-order valence-corrected chi connectivity index (χ3v) is 4.23. The van der Waals surface area contributed by atoms with Crippen LogP contribution in [-0.4, -0.2) is 12.6 Å². The molecule has 0 N–H and O–H groups in total. The van der Waals surface area contributed by atoms with Crippen molar-refractivity contribution in [2.45, 2.75) is 6.92 Å². The predicted molar refractivity (Wildman–Crippen MR) is 102 cm³/mol. The van der Waals surface area contributed by atoms with E-state index in [9.17, 15) is 4.79 Å². The van der Waals surface area contributed by atoms with Crippen LogP contribution < -0.4 is 9.47 Å². The molecule has 0 unspecified atom stereocenters. The summed E-state index contributed by atoms with van der Waals surface area (Å²) in [4.78, 5) is 12.0. The van der Waals surface area contributed by atoms with Gasteiger partial charge in [0.2, 0.25) is 0 Å². The van der Waals surface area contributed by atoms with Crippen LogP contribution in [0, 0.1) is 6.92 Å². The first-order valence-electron chi connectivity index (χ1n) is 7.87. The summed E-state index contributed by atoms with van der Waals surface area (Å²) in [6, 6.07) is 23.2. The molecule has 3 aromatic carbocycles. The lowest BCUT2D eigenvalue weighted by Crippen LogP contribution is -2.17. The smallest absolute Gasteiger partial charge is 0.349 e. The molecule has 4 heteroatoms. The highest BCUT2D eigenvalue weighted by atomic mass is 79.9. The summed E-state index contributed by atoms with van der Waals surface area (Å²) < 4.78 is 11.6. The van der Waals surface area contributed by atoms with E-state index in [1.165, 1.54) is 0 Å². The number of halogens is 1. The van der Waals surface area contributed by atoms with Gasteiger partial charge in [-0.25, -0.2) is 4.79 Å². The van der Waals surface area contributed by atoms with Crippen molar-refractivity contribution in [2.24, 2.45) is 0 Å². The van der Waals surface area contributed by atoms with Crippen LogP contribution in [0.25, 0.3) is 11.1 Å². The topological polar surface area (TPSA) is 35.5 Å². The molecular formula is C21H17BrO3. The first kappa shape index (κ1) is 17.2. The average Bonchev–Trinajstić information content (AvgIpc) is 2.62. The maximum atomic E-state index is 12.0. The summed E-state index contributed by atoms with van der Waals surface area (Å²) in [5.74, 6) is 0.669. The van der Waals surface area contributed by atoms with Crippen LogP contribution in [-0.2, 0) is 4.79 Å². The van der Waals surface area contributed by atoms with Crippen LogP contribution in [0.4, 0.5) is 0 Å². The van der Waals surface area contributed by atoms with E-state index in [4.69, 9.17) is 9.47 Å². The fraction of sp³-hybridized carbons (Fsp3) is 0.0952. The van der Waals surface area contributed by atoms with Gasteiger partial charge >= 0.3 is 5.97 Å². The van der Waals surface area contributed by atoms with Crippen molar-refractivity contribution in [2.75, 3.05) is 6.61 Å². The Balaban J connectivity index is 1.63. The molecule has 0 bridgehead atoms. The lowest BCUT2D eigenvalue weighted by atomic mass is 10.1.